The highest BCUT2D eigenvalue weighted by Crippen LogP contribution is 2.19. The van der Waals surface area contributed by atoms with Gasteiger partial charge >= 0.3 is 5.97 Å². The van der Waals surface area contributed by atoms with Gasteiger partial charge in [-0.3, -0.25) is 4.79 Å². The molecule has 1 aliphatic heterocycles. The van der Waals surface area contributed by atoms with Crippen molar-refractivity contribution < 1.29 is 14.3 Å². The number of halogens is 1. The lowest BCUT2D eigenvalue weighted by molar-refractivity contribution is -0.204. The number of hydrogen-bond donors (Lipinski definition) is 0. The molecule has 3 unspecified atom stereocenters. The van der Waals surface area contributed by atoms with E-state index in [-0.39, 0.29) is 16.9 Å². The average Bonchev–Trinajstić information content (AvgIpc) is 1.82. The number of esters is 1. The summed E-state index contributed by atoms with van der Waals surface area (Å²) < 4.78 is 9.94. The predicted octanol–water partition coefficient (Wildman–Crippen LogP) is 1.06. The molecule has 1 saturated heterocycles. The van der Waals surface area contributed by atoms with Crippen molar-refractivity contribution in [2.45, 2.75) is 31.1 Å². The lowest BCUT2D eigenvalue weighted by Gasteiger charge is -2.28. The van der Waals surface area contributed by atoms with Gasteiger partial charge in [-0.15, -0.1) is 0 Å². The second-order valence-electron chi connectivity index (χ2n) is 2.25. The molecule has 10 heavy (non-hydrogen) atoms. The van der Waals surface area contributed by atoms with Crippen molar-refractivity contribution >= 4 is 21.9 Å². The van der Waals surface area contributed by atoms with E-state index < -0.39 is 6.29 Å². The maximum atomic E-state index is 10.9. The number of cyclic esters (lactones) is 1. The van der Waals surface area contributed by atoms with E-state index in [2.05, 4.69) is 15.9 Å². The minimum absolute atomic E-state index is 0.101. The second-order valence-corrected chi connectivity index (χ2v) is 3.23. The Labute approximate surface area is 67.8 Å². The Hall–Kier alpha value is -0.0900. The van der Waals surface area contributed by atoms with Crippen molar-refractivity contribution in [3.8, 4) is 0 Å². The summed E-state index contributed by atoms with van der Waals surface area (Å²) in [7, 11) is 0. The van der Waals surface area contributed by atoms with Gasteiger partial charge in [-0.2, -0.15) is 0 Å². The van der Waals surface area contributed by atoms with Crippen LogP contribution in [0.5, 0.6) is 0 Å². The molecule has 1 rings (SSSR count). The molecule has 58 valence electrons. The fourth-order valence-corrected chi connectivity index (χ4v) is 1.05. The molecule has 1 heterocycles. The highest BCUT2D eigenvalue weighted by atomic mass is 79.9. The second kappa shape index (κ2) is 2.88. The molecule has 0 saturated carbocycles. The van der Waals surface area contributed by atoms with E-state index >= 15 is 0 Å². The molecule has 1 fully saturated rings. The van der Waals surface area contributed by atoms with Crippen LogP contribution in [0, 0.1) is 0 Å². The molecule has 0 spiro atoms. The fraction of sp³-hybridized carbons (Fsp3) is 0.833. The first-order valence-corrected chi connectivity index (χ1v) is 4.03. The summed E-state index contributed by atoms with van der Waals surface area (Å²) in [5, 5.41) is 0. The molecule has 0 N–H and O–H groups in total. The Morgan fingerprint density at radius 3 is 2.60 bits per heavy atom. The number of hydrogen-bond acceptors (Lipinski definition) is 3. The standard InChI is InChI=1S/C6H9BrO3/c1-3-5(7)6(8)10-4(2)9-3/h3-5H,1-2H3. The number of carbonyl (C=O) groups excluding carboxylic acids is 1. The van der Waals surface area contributed by atoms with Gasteiger partial charge < -0.3 is 9.47 Å². The Morgan fingerprint density at radius 2 is 2.10 bits per heavy atom. The average molecular weight is 209 g/mol. The number of carbonyl (C=O) groups is 1. The van der Waals surface area contributed by atoms with Gasteiger partial charge in [0.2, 0.25) is 6.29 Å². The van der Waals surface area contributed by atoms with E-state index in [1.165, 1.54) is 0 Å². The van der Waals surface area contributed by atoms with Crippen molar-refractivity contribution in [2.24, 2.45) is 0 Å². The largest absolute Gasteiger partial charge is 0.435 e. The normalized spacial score (nSPS) is 41.1. The van der Waals surface area contributed by atoms with Crippen LogP contribution in [0.3, 0.4) is 0 Å². The number of alkyl halides is 1. The summed E-state index contributed by atoms with van der Waals surface area (Å²) in [5.41, 5.74) is 0. The molecule has 3 nitrogen and oxygen atoms in total. The molecule has 0 radical (unpaired) electrons. The van der Waals surface area contributed by atoms with E-state index in [1.54, 1.807) is 6.92 Å². The predicted molar refractivity (Wildman–Crippen MR) is 38.8 cm³/mol. The van der Waals surface area contributed by atoms with Gasteiger partial charge in [0.1, 0.15) is 4.83 Å². The quantitative estimate of drug-likeness (QED) is 0.442. The van der Waals surface area contributed by atoms with Crippen LogP contribution in [0.25, 0.3) is 0 Å². The minimum atomic E-state index is -0.406. The zero-order chi connectivity index (χ0) is 7.72. The van der Waals surface area contributed by atoms with Gasteiger partial charge in [0.15, 0.2) is 0 Å². The first kappa shape index (κ1) is 8.01. The van der Waals surface area contributed by atoms with Crippen molar-refractivity contribution in [1.82, 2.24) is 0 Å². The summed E-state index contributed by atoms with van der Waals surface area (Å²) in [4.78, 5) is 10.5. The summed E-state index contributed by atoms with van der Waals surface area (Å²) in [6, 6.07) is 0. The van der Waals surface area contributed by atoms with Crippen LogP contribution in [-0.4, -0.2) is 23.2 Å². The lowest BCUT2D eigenvalue weighted by atomic mass is 10.2. The SMILES string of the molecule is CC1OC(=O)C(Br)C(C)O1. The van der Waals surface area contributed by atoms with Crippen molar-refractivity contribution in [3.63, 3.8) is 0 Å². The maximum absolute atomic E-state index is 10.9. The number of ether oxygens (including phenoxy) is 2. The maximum Gasteiger partial charge on any atom is 0.324 e. The van der Waals surface area contributed by atoms with E-state index in [9.17, 15) is 4.79 Å². The zero-order valence-corrected chi connectivity index (χ0v) is 7.42. The van der Waals surface area contributed by atoms with Crippen LogP contribution in [0.1, 0.15) is 13.8 Å². The molecular formula is C6H9BrO3. The van der Waals surface area contributed by atoms with E-state index in [0.29, 0.717) is 0 Å². The van der Waals surface area contributed by atoms with Crippen molar-refractivity contribution in [3.05, 3.63) is 0 Å². The van der Waals surface area contributed by atoms with Crippen LogP contribution in [0.4, 0.5) is 0 Å². The lowest BCUT2D eigenvalue weighted by Crippen LogP contribution is -2.41. The fourth-order valence-electron chi connectivity index (χ4n) is 0.819. The van der Waals surface area contributed by atoms with Crippen LogP contribution < -0.4 is 0 Å². The summed E-state index contributed by atoms with van der Waals surface area (Å²) in [6.45, 7) is 3.53. The third-order valence-electron chi connectivity index (χ3n) is 1.33. The summed E-state index contributed by atoms with van der Waals surface area (Å²) in [6.07, 6.45) is -0.507. The van der Waals surface area contributed by atoms with Gasteiger partial charge in [-0.1, -0.05) is 15.9 Å². The monoisotopic (exact) mass is 208 g/mol. The molecule has 1 aliphatic rings. The molecule has 0 aliphatic carbocycles. The third-order valence-corrected chi connectivity index (χ3v) is 2.44. The minimum Gasteiger partial charge on any atom is -0.435 e. The Morgan fingerprint density at radius 1 is 1.50 bits per heavy atom. The van der Waals surface area contributed by atoms with E-state index in [1.807, 2.05) is 6.92 Å². The molecule has 0 bridgehead atoms. The van der Waals surface area contributed by atoms with Crippen LogP contribution in [0.2, 0.25) is 0 Å². The van der Waals surface area contributed by atoms with Crippen LogP contribution in [-0.2, 0) is 14.3 Å². The number of rotatable bonds is 0. The van der Waals surface area contributed by atoms with Gasteiger partial charge in [0.25, 0.3) is 0 Å². The van der Waals surface area contributed by atoms with Gasteiger partial charge in [0.05, 0.1) is 6.10 Å². The highest BCUT2D eigenvalue weighted by molar-refractivity contribution is 9.10. The topological polar surface area (TPSA) is 35.5 Å². The van der Waals surface area contributed by atoms with E-state index in [0.717, 1.165) is 0 Å². The molecule has 0 amide bonds. The van der Waals surface area contributed by atoms with Gasteiger partial charge in [-0.25, -0.2) is 0 Å². The first-order chi connectivity index (χ1) is 4.61. The summed E-state index contributed by atoms with van der Waals surface area (Å²) in [5.74, 6) is -0.244. The Kier molecular flexibility index (Phi) is 2.31. The van der Waals surface area contributed by atoms with Crippen molar-refractivity contribution in [2.75, 3.05) is 0 Å². The molecular weight excluding hydrogens is 200 g/mol. The molecule has 0 aromatic rings. The van der Waals surface area contributed by atoms with Gasteiger partial charge in [0, 0.05) is 0 Å². The molecule has 3 atom stereocenters. The van der Waals surface area contributed by atoms with Crippen LogP contribution in [0.15, 0.2) is 0 Å². The van der Waals surface area contributed by atoms with Gasteiger partial charge in [-0.05, 0) is 13.8 Å². The van der Waals surface area contributed by atoms with Crippen LogP contribution >= 0.6 is 15.9 Å². The molecule has 0 aromatic heterocycles. The Bertz CT molecular complexity index is 148. The zero-order valence-electron chi connectivity index (χ0n) is 5.83. The molecule has 4 heteroatoms. The van der Waals surface area contributed by atoms with Crippen molar-refractivity contribution in [1.29, 1.82) is 0 Å². The smallest absolute Gasteiger partial charge is 0.324 e. The van der Waals surface area contributed by atoms with E-state index in [4.69, 9.17) is 9.47 Å². The highest BCUT2D eigenvalue weighted by Gasteiger charge is 2.32. The Balaban J connectivity index is 2.57. The third kappa shape index (κ3) is 1.49. The summed E-state index contributed by atoms with van der Waals surface area (Å²) >= 11 is 3.15. The first-order valence-electron chi connectivity index (χ1n) is 3.11. The molecule has 0 aromatic carbocycles.